The minimum Gasteiger partial charge on any atom is -0.509 e. The van der Waals surface area contributed by atoms with Crippen molar-refractivity contribution in [1.82, 2.24) is 9.55 Å². The van der Waals surface area contributed by atoms with E-state index in [9.17, 15) is 0 Å². The van der Waals surface area contributed by atoms with Gasteiger partial charge in [0.1, 0.15) is 5.82 Å². The molecule has 11 rings (SSSR count). The fraction of sp³-hybridized carbons (Fsp3) is 0.0833. The first-order valence-corrected chi connectivity index (χ1v) is 20.2. The molecule has 6 aromatic carbocycles. The predicted molar refractivity (Wildman–Crippen MR) is 229 cm³/mol. The maximum absolute atomic E-state index is 6.50. The van der Waals surface area contributed by atoms with Gasteiger partial charge in [-0.3, -0.25) is 0 Å². The van der Waals surface area contributed by atoms with Crippen molar-refractivity contribution in [1.29, 1.82) is 0 Å². The van der Waals surface area contributed by atoms with Gasteiger partial charge in [0, 0.05) is 69.5 Å². The summed E-state index contributed by atoms with van der Waals surface area (Å²) in [5.41, 5.74) is 8.89. The van der Waals surface area contributed by atoms with Crippen molar-refractivity contribution in [2.45, 2.75) is 45.8 Å². The Labute approximate surface area is 355 Å². The van der Waals surface area contributed by atoms with Gasteiger partial charge in [0.2, 0.25) is 0 Å². The minimum absolute atomic E-state index is 0. The third kappa shape index (κ3) is 6.13. The number of benzene rings is 6. The SMILES string of the molecule is CC(C)(C)c1ccnc(-n2c3[c-]c(Oc4[c-]c(N5C=CN(c6cc7c8c(c6)Sc6ccccc6N8c6ccccc6S7)[CH-]5)ccc4)ccc3c3ccccc32)c1.[Pt]. The summed E-state index contributed by atoms with van der Waals surface area (Å²) in [4.78, 5) is 16.5. The fourth-order valence-corrected chi connectivity index (χ4v) is 10.1. The molecule has 0 spiro atoms. The van der Waals surface area contributed by atoms with Gasteiger partial charge in [0.15, 0.2) is 0 Å². The van der Waals surface area contributed by atoms with E-state index in [4.69, 9.17) is 9.72 Å². The maximum Gasteiger partial charge on any atom is 0.135 e. The third-order valence-electron chi connectivity index (χ3n) is 10.5. The van der Waals surface area contributed by atoms with Crippen molar-refractivity contribution >= 4 is 73.8 Å². The number of ether oxygens (including phenoxy) is 1. The van der Waals surface area contributed by atoms with Gasteiger partial charge in [0.05, 0.1) is 17.1 Å². The maximum atomic E-state index is 6.50. The zero-order valence-corrected chi connectivity index (χ0v) is 35.1. The normalized spacial score (nSPS) is 14.1. The van der Waals surface area contributed by atoms with E-state index in [1.165, 1.54) is 42.2 Å². The van der Waals surface area contributed by atoms with Gasteiger partial charge >= 0.3 is 0 Å². The molecule has 282 valence electrons. The van der Waals surface area contributed by atoms with Gasteiger partial charge in [-0.1, -0.05) is 92.3 Å². The van der Waals surface area contributed by atoms with Crippen LogP contribution in [-0.4, -0.2) is 9.55 Å². The second-order valence-corrected chi connectivity index (χ2v) is 17.3. The first kappa shape index (κ1) is 36.0. The Morgan fingerprint density at radius 2 is 1.33 bits per heavy atom. The molecule has 0 aliphatic carbocycles. The van der Waals surface area contributed by atoms with Gasteiger partial charge in [-0.25, -0.2) is 4.98 Å². The number of fused-ring (bicyclic) bond motifs is 7. The van der Waals surface area contributed by atoms with Gasteiger partial charge in [0.25, 0.3) is 0 Å². The molecule has 9 heteroatoms. The molecule has 0 radical (unpaired) electrons. The quantitative estimate of drug-likeness (QED) is 0.159. The standard InChI is InChI=1S/C48H34N5OS2.Pt/c1-48(2,3)31-21-22-49-46(25-31)52-38-14-5-4-13-36(38)37-20-19-35(29-41(37)52)54-34-12-10-11-32(26-34)50-23-24-51(30-50)33-27-44-47-45(28-33)56-43-18-9-7-16-40(43)53(47)39-15-6-8-17-42(39)55-44;/h4-25,27-28,30H,1-3H3;/q-3;. The zero-order chi connectivity index (χ0) is 37.5. The monoisotopic (exact) mass is 955 g/mol. The Morgan fingerprint density at radius 3 is 2.09 bits per heavy atom. The number of hydrogen-bond acceptors (Lipinski definition) is 7. The smallest absolute Gasteiger partial charge is 0.135 e. The first-order valence-electron chi connectivity index (χ1n) is 18.6. The van der Waals surface area contributed by atoms with Crippen molar-refractivity contribution in [3.05, 3.63) is 170 Å². The van der Waals surface area contributed by atoms with Crippen LogP contribution >= 0.6 is 23.5 Å². The van der Waals surface area contributed by atoms with Crippen molar-refractivity contribution in [2.75, 3.05) is 14.7 Å². The second-order valence-electron chi connectivity index (χ2n) is 15.1. The van der Waals surface area contributed by atoms with Crippen LogP contribution in [0.3, 0.4) is 0 Å². The first-order chi connectivity index (χ1) is 27.4. The summed E-state index contributed by atoms with van der Waals surface area (Å²) in [7, 11) is 0. The van der Waals surface area contributed by atoms with Crippen molar-refractivity contribution < 1.29 is 25.8 Å². The molecular formula is C48H34N5OPtS2-3. The molecular weight excluding hydrogens is 922 g/mol. The van der Waals surface area contributed by atoms with E-state index in [1.54, 1.807) is 0 Å². The van der Waals surface area contributed by atoms with Crippen LogP contribution in [0.1, 0.15) is 26.3 Å². The van der Waals surface area contributed by atoms with E-state index in [0.29, 0.717) is 11.5 Å². The van der Waals surface area contributed by atoms with Gasteiger partial charge in [-0.15, -0.1) is 48.1 Å². The molecule has 2 aromatic heterocycles. The zero-order valence-electron chi connectivity index (χ0n) is 31.2. The molecule has 0 saturated heterocycles. The van der Waals surface area contributed by atoms with E-state index < -0.39 is 0 Å². The molecule has 3 aliphatic rings. The summed E-state index contributed by atoms with van der Waals surface area (Å²) in [6, 6.07) is 51.9. The molecule has 0 bridgehead atoms. The number of pyridine rings is 1. The summed E-state index contributed by atoms with van der Waals surface area (Å²) in [5.74, 6) is 2.08. The van der Waals surface area contributed by atoms with Gasteiger partial charge in [-0.05, 0) is 83.4 Å². The molecule has 5 heterocycles. The minimum atomic E-state index is -0.00924. The van der Waals surface area contributed by atoms with Crippen LogP contribution in [0, 0.1) is 18.8 Å². The Balaban J connectivity index is 0.00000396. The topological polar surface area (TPSA) is 36.8 Å². The van der Waals surface area contributed by atoms with Crippen LogP contribution < -0.4 is 19.4 Å². The van der Waals surface area contributed by atoms with Gasteiger partial charge < -0.3 is 24.0 Å². The molecule has 0 unspecified atom stereocenters. The molecule has 57 heavy (non-hydrogen) atoms. The van der Waals surface area contributed by atoms with Crippen LogP contribution in [0.15, 0.2) is 166 Å². The summed E-state index contributed by atoms with van der Waals surface area (Å²) < 4.78 is 8.68. The predicted octanol–water partition coefficient (Wildman–Crippen LogP) is 13.2. The molecule has 3 aliphatic heterocycles. The molecule has 0 amide bonds. The van der Waals surface area contributed by atoms with Crippen LogP contribution in [0.2, 0.25) is 0 Å². The average molecular weight is 956 g/mol. The van der Waals surface area contributed by atoms with Crippen molar-refractivity contribution in [2.24, 2.45) is 0 Å². The van der Waals surface area contributed by atoms with Crippen LogP contribution in [-0.2, 0) is 26.5 Å². The molecule has 6 nitrogen and oxygen atoms in total. The molecule has 0 saturated carbocycles. The summed E-state index contributed by atoms with van der Waals surface area (Å²) in [5, 5.41) is 2.25. The van der Waals surface area contributed by atoms with E-state index >= 15 is 0 Å². The van der Waals surface area contributed by atoms with E-state index in [-0.39, 0.29) is 26.5 Å². The largest absolute Gasteiger partial charge is 0.509 e. The Kier molecular flexibility index (Phi) is 8.78. The molecule has 8 aromatic rings. The third-order valence-corrected chi connectivity index (χ3v) is 12.7. The number of para-hydroxylation sites is 3. The van der Waals surface area contributed by atoms with E-state index in [1.807, 2.05) is 54.0 Å². The van der Waals surface area contributed by atoms with Gasteiger partial charge in [-0.2, -0.15) is 12.1 Å². The second kappa shape index (κ2) is 13.9. The summed E-state index contributed by atoms with van der Waals surface area (Å²) in [6.07, 6.45) is 6.06. The number of anilines is 5. The fourth-order valence-electron chi connectivity index (χ4n) is 7.75. The van der Waals surface area contributed by atoms with Crippen molar-refractivity contribution in [3.8, 4) is 17.3 Å². The number of hydrogen-bond donors (Lipinski definition) is 0. The summed E-state index contributed by atoms with van der Waals surface area (Å²) >= 11 is 3.67. The van der Waals surface area contributed by atoms with Crippen LogP contribution in [0.5, 0.6) is 11.5 Å². The molecule has 0 N–H and O–H groups in total. The van der Waals surface area contributed by atoms with E-state index in [2.05, 4.69) is 174 Å². The number of aromatic nitrogens is 2. The Hall–Kier alpha value is -5.40. The van der Waals surface area contributed by atoms with Crippen molar-refractivity contribution in [3.63, 3.8) is 0 Å². The molecule has 0 fully saturated rings. The Bertz CT molecular complexity index is 2850. The number of nitrogens with zero attached hydrogens (tertiary/aromatic N) is 5. The van der Waals surface area contributed by atoms with E-state index in [0.717, 1.165) is 39.0 Å². The summed E-state index contributed by atoms with van der Waals surface area (Å²) in [6.45, 7) is 8.77. The molecule has 0 atom stereocenters. The van der Waals surface area contributed by atoms with Crippen LogP contribution in [0.25, 0.3) is 27.6 Å². The Morgan fingerprint density at radius 1 is 0.649 bits per heavy atom. The van der Waals surface area contributed by atoms with Crippen LogP contribution in [0.4, 0.5) is 28.4 Å². The average Bonchev–Trinajstić information content (AvgIpc) is 3.84. The number of rotatable bonds is 5.